The molecule has 2 aromatic rings. The summed E-state index contributed by atoms with van der Waals surface area (Å²) in [4.78, 5) is 12.6. The molecule has 144 valence electrons. The highest BCUT2D eigenvalue weighted by molar-refractivity contribution is 7.92. The molecule has 0 saturated carbocycles. The Hall–Kier alpha value is -1.76. The Morgan fingerprint density at radius 3 is 2.52 bits per heavy atom. The molecule has 1 N–H and O–H groups in total. The Morgan fingerprint density at radius 1 is 1.19 bits per heavy atom. The highest BCUT2D eigenvalue weighted by Crippen LogP contribution is 2.35. The van der Waals surface area contributed by atoms with Gasteiger partial charge < -0.3 is 5.32 Å². The number of sulfonamides is 1. The molecule has 0 saturated heterocycles. The van der Waals surface area contributed by atoms with Crippen molar-refractivity contribution in [1.82, 2.24) is 5.32 Å². The van der Waals surface area contributed by atoms with Crippen molar-refractivity contribution in [3.8, 4) is 0 Å². The van der Waals surface area contributed by atoms with Gasteiger partial charge in [-0.05, 0) is 61.7 Å². The number of amides is 1. The second-order valence-electron chi connectivity index (χ2n) is 6.82. The molecule has 2 aromatic carbocycles. The fraction of sp³-hybridized carbons (Fsp3) is 0.316. The zero-order valence-corrected chi connectivity index (χ0v) is 17.5. The highest BCUT2D eigenvalue weighted by atomic mass is 35.5. The Kier molecular flexibility index (Phi) is 5.43. The fourth-order valence-corrected chi connectivity index (χ4v) is 4.96. The van der Waals surface area contributed by atoms with E-state index in [1.165, 1.54) is 10.6 Å². The molecule has 1 heterocycles. The summed E-state index contributed by atoms with van der Waals surface area (Å²) >= 11 is 12.0. The van der Waals surface area contributed by atoms with Crippen LogP contribution in [0.5, 0.6) is 0 Å². The minimum atomic E-state index is -3.35. The van der Waals surface area contributed by atoms with Gasteiger partial charge in [-0.25, -0.2) is 8.42 Å². The zero-order chi connectivity index (χ0) is 19.9. The van der Waals surface area contributed by atoms with E-state index in [0.717, 1.165) is 11.1 Å². The number of anilines is 1. The maximum absolute atomic E-state index is 12.6. The van der Waals surface area contributed by atoms with E-state index in [-0.39, 0.29) is 18.0 Å². The molecule has 3 rings (SSSR count). The third-order valence-electron chi connectivity index (χ3n) is 4.64. The van der Waals surface area contributed by atoms with Gasteiger partial charge in [0.2, 0.25) is 10.0 Å². The van der Waals surface area contributed by atoms with Crippen LogP contribution in [0.3, 0.4) is 0 Å². The highest BCUT2D eigenvalue weighted by Gasteiger charge is 2.32. The Labute approximate surface area is 169 Å². The lowest BCUT2D eigenvalue weighted by Crippen LogP contribution is -2.34. The minimum Gasteiger partial charge on any atom is -0.346 e. The molecule has 1 aliphatic rings. The maximum Gasteiger partial charge on any atom is 0.251 e. The summed E-state index contributed by atoms with van der Waals surface area (Å²) in [5, 5.41) is 3.82. The number of rotatable bonds is 4. The molecule has 0 unspecified atom stereocenters. The van der Waals surface area contributed by atoms with Crippen LogP contribution in [-0.2, 0) is 16.4 Å². The van der Waals surface area contributed by atoms with Gasteiger partial charge in [-0.15, -0.1) is 0 Å². The first-order valence-electron chi connectivity index (χ1n) is 8.46. The first kappa shape index (κ1) is 20.0. The van der Waals surface area contributed by atoms with Crippen LogP contribution in [-0.4, -0.2) is 26.6 Å². The molecule has 0 fully saturated rings. The molecule has 0 radical (unpaired) electrons. The lowest BCUT2D eigenvalue weighted by Gasteiger charge is -2.22. The van der Waals surface area contributed by atoms with E-state index >= 15 is 0 Å². The molecular formula is C19H20Cl2N2O3S. The van der Waals surface area contributed by atoms with Crippen molar-refractivity contribution < 1.29 is 13.2 Å². The normalized spacial score (nSPS) is 17.5. The summed E-state index contributed by atoms with van der Waals surface area (Å²) in [5.74, 6) is -0.234. The maximum atomic E-state index is 12.6. The molecule has 0 aromatic heterocycles. The molecule has 1 aliphatic heterocycles. The van der Waals surface area contributed by atoms with Crippen LogP contribution in [0.15, 0.2) is 36.4 Å². The van der Waals surface area contributed by atoms with Gasteiger partial charge in [0.05, 0.1) is 28.0 Å². The first-order valence-corrected chi connectivity index (χ1v) is 11.1. The van der Waals surface area contributed by atoms with Crippen molar-refractivity contribution in [3.63, 3.8) is 0 Å². The number of fused-ring (bicyclic) bond motifs is 1. The lowest BCUT2D eigenvalue weighted by molar-refractivity contribution is 0.0940. The summed E-state index contributed by atoms with van der Waals surface area (Å²) in [5.41, 5.74) is 2.82. The quantitative estimate of drug-likeness (QED) is 0.796. The van der Waals surface area contributed by atoms with Crippen LogP contribution in [0, 0.1) is 0 Å². The van der Waals surface area contributed by atoms with Gasteiger partial charge in [0, 0.05) is 11.6 Å². The minimum absolute atomic E-state index is 0.163. The van der Waals surface area contributed by atoms with Gasteiger partial charge in [-0.1, -0.05) is 29.3 Å². The summed E-state index contributed by atoms with van der Waals surface area (Å²) in [6, 6.07) is 9.91. The van der Waals surface area contributed by atoms with Gasteiger partial charge in [0.25, 0.3) is 5.91 Å². The van der Waals surface area contributed by atoms with Crippen molar-refractivity contribution in [3.05, 3.63) is 63.1 Å². The van der Waals surface area contributed by atoms with E-state index < -0.39 is 10.0 Å². The topological polar surface area (TPSA) is 66.5 Å². The standard InChI is InChI=1S/C19H20Cl2N2O3S/c1-11-8-15-9-14(5-7-18(15)23(11)27(3,25)26)19(24)22-12(2)13-4-6-16(20)17(21)10-13/h4-7,9-12H,8H2,1-3H3,(H,22,24)/t11-,12+/m0/s1. The Balaban J connectivity index is 1.81. The number of hydrogen-bond donors (Lipinski definition) is 1. The Bertz CT molecular complexity index is 1010. The van der Waals surface area contributed by atoms with Crippen molar-refractivity contribution in [2.24, 2.45) is 0 Å². The first-order chi connectivity index (χ1) is 12.6. The van der Waals surface area contributed by atoms with Crippen LogP contribution in [0.2, 0.25) is 10.0 Å². The molecule has 0 spiro atoms. The van der Waals surface area contributed by atoms with Crippen molar-refractivity contribution in [2.75, 3.05) is 10.6 Å². The lowest BCUT2D eigenvalue weighted by atomic mass is 10.0. The van der Waals surface area contributed by atoms with Gasteiger partial charge in [0.1, 0.15) is 0 Å². The van der Waals surface area contributed by atoms with Gasteiger partial charge in [-0.2, -0.15) is 0 Å². The molecule has 1 amide bonds. The summed E-state index contributed by atoms with van der Waals surface area (Å²) in [6.07, 6.45) is 1.77. The second kappa shape index (κ2) is 7.34. The van der Waals surface area contributed by atoms with Crippen molar-refractivity contribution in [2.45, 2.75) is 32.4 Å². The molecule has 27 heavy (non-hydrogen) atoms. The molecule has 0 bridgehead atoms. The average molecular weight is 427 g/mol. The number of nitrogens with zero attached hydrogens (tertiary/aromatic N) is 1. The van der Waals surface area contributed by atoms with Gasteiger partial charge in [0.15, 0.2) is 0 Å². The molecule has 8 heteroatoms. The van der Waals surface area contributed by atoms with E-state index in [4.69, 9.17) is 23.2 Å². The molecule has 0 aliphatic carbocycles. The zero-order valence-electron chi connectivity index (χ0n) is 15.2. The van der Waals surface area contributed by atoms with Crippen LogP contribution >= 0.6 is 23.2 Å². The van der Waals surface area contributed by atoms with E-state index in [1.54, 1.807) is 30.3 Å². The predicted molar refractivity (Wildman–Crippen MR) is 109 cm³/mol. The van der Waals surface area contributed by atoms with E-state index in [0.29, 0.717) is 27.7 Å². The SMILES string of the molecule is C[C@@H](NC(=O)c1ccc2c(c1)C[C@H](C)N2S(C)(=O)=O)c1ccc(Cl)c(Cl)c1. The summed E-state index contributed by atoms with van der Waals surface area (Å²) in [7, 11) is -3.35. The largest absolute Gasteiger partial charge is 0.346 e. The third kappa shape index (κ3) is 4.08. The van der Waals surface area contributed by atoms with E-state index in [2.05, 4.69) is 5.32 Å². The second-order valence-corrected chi connectivity index (χ2v) is 9.50. The number of carbonyl (C=O) groups excluding carboxylic acids is 1. The van der Waals surface area contributed by atoms with E-state index in [9.17, 15) is 13.2 Å². The average Bonchev–Trinajstić information content (AvgIpc) is 2.92. The number of carbonyl (C=O) groups is 1. The van der Waals surface area contributed by atoms with Crippen LogP contribution in [0.1, 0.15) is 41.4 Å². The third-order valence-corrected chi connectivity index (χ3v) is 6.65. The Morgan fingerprint density at radius 2 is 1.89 bits per heavy atom. The molecule has 5 nitrogen and oxygen atoms in total. The number of benzene rings is 2. The molecule has 2 atom stereocenters. The fourth-order valence-electron chi connectivity index (χ4n) is 3.39. The number of hydrogen-bond acceptors (Lipinski definition) is 3. The van der Waals surface area contributed by atoms with Crippen LogP contribution in [0.4, 0.5) is 5.69 Å². The molecular weight excluding hydrogens is 407 g/mol. The smallest absolute Gasteiger partial charge is 0.251 e. The van der Waals surface area contributed by atoms with E-state index in [1.807, 2.05) is 19.9 Å². The van der Waals surface area contributed by atoms with Gasteiger partial charge >= 0.3 is 0 Å². The summed E-state index contributed by atoms with van der Waals surface area (Å²) < 4.78 is 25.4. The predicted octanol–water partition coefficient (Wildman–Crippen LogP) is 4.20. The van der Waals surface area contributed by atoms with Gasteiger partial charge in [-0.3, -0.25) is 9.10 Å². The van der Waals surface area contributed by atoms with Crippen molar-refractivity contribution >= 4 is 44.8 Å². The summed E-state index contributed by atoms with van der Waals surface area (Å²) in [6.45, 7) is 3.71. The van der Waals surface area contributed by atoms with Crippen molar-refractivity contribution in [1.29, 1.82) is 0 Å². The van der Waals surface area contributed by atoms with Crippen LogP contribution < -0.4 is 9.62 Å². The van der Waals surface area contributed by atoms with Crippen LogP contribution in [0.25, 0.3) is 0 Å². The number of halogens is 2. The monoisotopic (exact) mass is 426 g/mol. The number of nitrogens with one attached hydrogen (secondary N) is 1.